The van der Waals surface area contributed by atoms with Crippen LogP contribution >= 0.6 is 0 Å². The lowest BCUT2D eigenvalue weighted by molar-refractivity contribution is -0.142. The van der Waals surface area contributed by atoms with Gasteiger partial charge in [-0.05, 0) is 18.2 Å². The summed E-state index contributed by atoms with van der Waals surface area (Å²) in [6.07, 6.45) is 0. The van der Waals surface area contributed by atoms with E-state index in [9.17, 15) is 14.4 Å². The fraction of sp³-hybridized carbons (Fsp3) is 0.158. The highest BCUT2D eigenvalue weighted by Crippen LogP contribution is 2.30. The number of rotatable bonds is 6. The fourth-order valence-corrected chi connectivity index (χ4v) is 2.54. The van der Waals surface area contributed by atoms with Crippen molar-refractivity contribution in [1.29, 1.82) is 0 Å². The highest BCUT2D eigenvalue weighted by molar-refractivity contribution is 6.11. The maximum Gasteiger partial charge on any atom is 0.343 e. The highest BCUT2D eigenvalue weighted by atomic mass is 16.6. The molecule has 0 unspecified atom stereocenters. The zero-order chi connectivity index (χ0) is 20.1. The number of H-pyrrole nitrogens is 1. The number of amides is 1. The number of aromatic amines is 1. The number of anilines is 1. The minimum atomic E-state index is -0.532. The Balaban J connectivity index is 1.84. The molecule has 3 aromatic rings. The van der Waals surface area contributed by atoms with Crippen molar-refractivity contribution in [1.82, 2.24) is 10.2 Å². The van der Waals surface area contributed by atoms with Crippen LogP contribution in [0.4, 0.5) is 5.69 Å². The van der Waals surface area contributed by atoms with Crippen LogP contribution in [0.25, 0.3) is 10.8 Å². The molecule has 28 heavy (non-hydrogen) atoms. The summed E-state index contributed by atoms with van der Waals surface area (Å²) in [5.41, 5.74) is 0.130. The van der Waals surface area contributed by atoms with Crippen molar-refractivity contribution in [2.24, 2.45) is 0 Å². The van der Waals surface area contributed by atoms with Gasteiger partial charge in [0, 0.05) is 17.1 Å². The van der Waals surface area contributed by atoms with Gasteiger partial charge in [-0.15, -0.1) is 0 Å². The number of hydrogen-bond acceptors (Lipinski definition) is 7. The molecule has 0 atom stereocenters. The SMILES string of the molecule is COC(=O)COc1ccc(NC(=O)c2n[nH]c(=O)c3ccccc23)cc1OC. The number of fused-ring (bicyclic) bond motifs is 1. The van der Waals surface area contributed by atoms with Crippen molar-refractivity contribution in [2.75, 3.05) is 26.1 Å². The third-order valence-corrected chi connectivity index (χ3v) is 3.91. The molecular formula is C19H17N3O6. The van der Waals surface area contributed by atoms with E-state index < -0.39 is 11.9 Å². The van der Waals surface area contributed by atoms with Crippen molar-refractivity contribution in [3.05, 3.63) is 58.5 Å². The third-order valence-electron chi connectivity index (χ3n) is 3.91. The quantitative estimate of drug-likeness (QED) is 0.622. The highest BCUT2D eigenvalue weighted by Gasteiger charge is 2.15. The van der Waals surface area contributed by atoms with Gasteiger partial charge in [0.25, 0.3) is 11.5 Å². The molecule has 2 aromatic carbocycles. The number of carbonyl (C=O) groups excluding carboxylic acids is 2. The minimum absolute atomic E-state index is 0.0835. The summed E-state index contributed by atoms with van der Waals surface area (Å²) in [4.78, 5) is 35.7. The molecular weight excluding hydrogens is 366 g/mol. The van der Waals surface area contributed by atoms with Crippen LogP contribution in [-0.2, 0) is 9.53 Å². The molecule has 3 rings (SSSR count). The molecule has 144 valence electrons. The van der Waals surface area contributed by atoms with Crippen molar-refractivity contribution in [2.45, 2.75) is 0 Å². The number of benzene rings is 2. The van der Waals surface area contributed by atoms with E-state index in [0.29, 0.717) is 28.0 Å². The van der Waals surface area contributed by atoms with E-state index in [-0.39, 0.29) is 17.9 Å². The van der Waals surface area contributed by atoms with Gasteiger partial charge in [0.2, 0.25) is 0 Å². The number of nitrogens with zero attached hydrogens (tertiary/aromatic N) is 1. The van der Waals surface area contributed by atoms with E-state index >= 15 is 0 Å². The lowest BCUT2D eigenvalue weighted by Gasteiger charge is -2.12. The largest absolute Gasteiger partial charge is 0.493 e. The predicted molar refractivity (Wildman–Crippen MR) is 101 cm³/mol. The summed E-state index contributed by atoms with van der Waals surface area (Å²) in [6, 6.07) is 11.4. The molecule has 0 radical (unpaired) electrons. The monoisotopic (exact) mass is 383 g/mol. The molecule has 0 bridgehead atoms. The summed E-state index contributed by atoms with van der Waals surface area (Å²) >= 11 is 0. The number of nitrogens with one attached hydrogen (secondary N) is 2. The second-order valence-electron chi connectivity index (χ2n) is 5.63. The van der Waals surface area contributed by atoms with Crippen LogP contribution in [-0.4, -0.2) is 42.9 Å². The summed E-state index contributed by atoms with van der Waals surface area (Å²) in [5, 5.41) is 9.69. The van der Waals surface area contributed by atoms with Crippen LogP contribution < -0.4 is 20.3 Å². The van der Waals surface area contributed by atoms with Crippen LogP contribution in [0.1, 0.15) is 10.5 Å². The van der Waals surface area contributed by atoms with Crippen LogP contribution in [0, 0.1) is 0 Å². The van der Waals surface area contributed by atoms with Crippen molar-refractivity contribution >= 4 is 28.3 Å². The van der Waals surface area contributed by atoms with Crippen molar-refractivity contribution < 1.29 is 23.8 Å². The number of ether oxygens (including phenoxy) is 3. The lowest BCUT2D eigenvalue weighted by atomic mass is 10.1. The van der Waals surface area contributed by atoms with Gasteiger partial charge in [0.1, 0.15) is 0 Å². The number of aromatic nitrogens is 2. The Morgan fingerprint density at radius 2 is 1.82 bits per heavy atom. The Hall–Kier alpha value is -3.88. The van der Waals surface area contributed by atoms with E-state index in [0.717, 1.165) is 0 Å². The van der Waals surface area contributed by atoms with Crippen LogP contribution in [0.2, 0.25) is 0 Å². The van der Waals surface area contributed by atoms with Gasteiger partial charge in [-0.2, -0.15) is 5.10 Å². The number of esters is 1. The van der Waals surface area contributed by atoms with Gasteiger partial charge in [-0.3, -0.25) is 9.59 Å². The molecule has 0 saturated carbocycles. The number of hydrogen-bond donors (Lipinski definition) is 2. The smallest absolute Gasteiger partial charge is 0.343 e. The average molecular weight is 383 g/mol. The molecule has 0 aliphatic heterocycles. The molecule has 1 amide bonds. The summed E-state index contributed by atoms with van der Waals surface area (Å²) < 4.78 is 15.1. The van der Waals surface area contributed by atoms with E-state index in [2.05, 4.69) is 20.3 Å². The topological polar surface area (TPSA) is 120 Å². The van der Waals surface area contributed by atoms with Crippen molar-refractivity contribution in [3.8, 4) is 11.5 Å². The predicted octanol–water partition coefficient (Wildman–Crippen LogP) is 1.74. The molecule has 0 saturated heterocycles. The molecule has 9 heteroatoms. The Morgan fingerprint density at radius 1 is 1.07 bits per heavy atom. The Morgan fingerprint density at radius 3 is 2.54 bits per heavy atom. The number of methoxy groups -OCH3 is 2. The van der Waals surface area contributed by atoms with Crippen LogP contribution in [0.15, 0.2) is 47.3 Å². The fourth-order valence-electron chi connectivity index (χ4n) is 2.54. The number of carbonyl (C=O) groups is 2. The Labute approximate surface area is 159 Å². The van der Waals surface area contributed by atoms with E-state index in [1.54, 1.807) is 42.5 Å². The molecule has 0 aliphatic rings. The zero-order valence-corrected chi connectivity index (χ0v) is 15.1. The van der Waals surface area contributed by atoms with Gasteiger partial charge < -0.3 is 19.5 Å². The lowest BCUT2D eigenvalue weighted by Crippen LogP contribution is -2.19. The van der Waals surface area contributed by atoms with Crippen molar-refractivity contribution in [3.63, 3.8) is 0 Å². The minimum Gasteiger partial charge on any atom is -0.493 e. The van der Waals surface area contributed by atoms with Gasteiger partial charge in [0.05, 0.1) is 19.6 Å². The Bertz CT molecular complexity index is 1090. The first-order valence-corrected chi connectivity index (χ1v) is 8.20. The molecule has 0 spiro atoms. The van der Waals surface area contributed by atoms with Crippen LogP contribution in [0.3, 0.4) is 0 Å². The summed E-state index contributed by atoms with van der Waals surface area (Å²) in [7, 11) is 2.69. The maximum atomic E-state index is 12.6. The van der Waals surface area contributed by atoms with Crippen LogP contribution in [0.5, 0.6) is 11.5 Å². The first-order valence-electron chi connectivity index (χ1n) is 8.20. The van der Waals surface area contributed by atoms with Gasteiger partial charge in [0.15, 0.2) is 23.8 Å². The molecule has 1 aromatic heterocycles. The van der Waals surface area contributed by atoms with E-state index in [1.165, 1.54) is 14.2 Å². The first-order chi connectivity index (χ1) is 13.5. The molecule has 0 fully saturated rings. The third kappa shape index (κ3) is 3.93. The first kappa shape index (κ1) is 18.9. The zero-order valence-electron chi connectivity index (χ0n) is 15.1. The molecule has 2 N–H and O–H groups in total. The van der Waals surface area contributed by atoms with E-state index in [4.69, 9.17) is 9.47 Å². The maximum absolute atomic E-state index is 12.6. The average Bonchev–Trinajstić information content (AvgIpc) is 2.72. The summed E-state index contributed by atoms with van der Waals surface area (Å²) in [5.74, 6) is -0.396. The Kier molecular flexibility index (Phi) is 5.54. The van der Waals surface area contributed by atoms with Gasteiger partial charge >= 0.3 is 5.97 Å². The second-order valence-corrected chi connectivity index (χ2v) is 5.63. The van der Waals surface area contributed by atoms with Gasteiger partial charge in [-0.25, -0.2) is 9.89 Å². The van der Waals surface area contributed by atoms with Gasteiger partial charge in [-0.1, -0.05) is 18.2 Å². The summed E-state index contributed by atoms with van der Waals surface area (Å²) in [6.45, 7) is -0.272. The normalized spacial score (nSPS) is 10.4. The molecule has 1 heterocycles. The molecule has 9 nitrogen and oxygen atoms in total. The molecule has 0 aliphatic carbocycles. The second kappa shape index (κ2) is 8.21. The van der Waals surface area contributed by atoms with E-state index in [1.807, 2.05) is 0 Å². The standard InChI is InChI=1S/C19H17N3O6/c1-26-15-9-11(7-8-14(15)28-10-16(23)27-2)20-19(25)17-12-5-3-4-6-13(12)18(24)22-21-17/h3-9H,10H2,1-2H3,(H,20,25)(H,22,24).